The van der Waals surface area contributed by atoms with Crippen LogP contribution in [-0.2, 0) is 0 Å². The number of rotatable bonds is 0. The lowest BCUT2D eigenvalue weighted by Crippen LogP contribution is -2.33. The summed E-state index contributed by atoms with van der Waals surface area (Å²) in [6.07, 6.45) is 0. The van der Waals surface area contributed by atoms with Crippen molar-refractivity contribution in [3.8, 4) is 0 Å². The maximum atomic E-state index is 10.8. The lowest BCUT2D eigenvalue weighted by atomic mass is 10.5. The summed E-state index contributed by atoms with van der Waals surface area (Å²) in [5.41, 5.74) is 4.96. The molecule has 4 N–H and O–H groups in total. The number of anilines is 1. The van der Waals surface area contributed by atoms with Gasteiger partial charge in [-0.25, -0.2) is 0 Å². The van der Waals surface area contributed by atoms with Gasteiger partial charge < -0.3 is 11.6 Å². The van der Waals surface area contributed by atoms with Crippen LogP contribution in [0.4, 0.5) is 5.95 Å². The summed E-state index contributed by atoms with van der Waals surface area (Å²) < 4.78 is 0.752. The van der Waals surface area contributed by atoms with E-state index in [0.29, 0.717) is 0 Å². The van der Waals surface area contributed by atoms with Gasteiger partial charge in [-0.2, -0.15) is 4.68 Å². The van der Waals surface area contributed by atoms with E-state index in [9.17, 15) is 4.79 Å². The van der Waals surface area contributed by atoms with Gasteiger partial charge >= 0.3 is 0 Å². The van der Waals surface area contributed by atoms with Gasteiger partial charge in [0.2, 0.25) is 5.95 Å². The van der Waals surface area contributed by atoms with Crippen LogP contribution in [0.2, 0.25) is 0 Å². The van der Waals surface area contributed by atoms with E-state index < -0.39 is 5.56 Å². The molecule has 1 rings (SSSR count). The predicted octanol–water partition coefficient (Wildman–Crippen LogP) is -1.76. The zero-order valence-corrected chi connectivity index (χ0v) is 5.40. The molecular formula is C4H7N5O. The summed E-state index contributed by atoms with van der Waals surface area (Å²) in [5.74, 6) is 5.07. The van der Waals surface area contributed by atoms with Crippen LogP contribution in [0, 0.1) is 6.92 Å². The number of nitrogens with two attached hydrogens (primary N) is 2. The van der Waals surface area contributed by atoms with Gasteiger partial charge in [0.1, 0.15) is 5.69 Å². The Bertz CT molecular complexity index is 303. The predicted molar refractivity (Wildman–Crippen MR) is 35.6 cm³/mol. The quantitative estimate of drug-likeness (QED) is 0.417. The highest BCUT2D eigenvalue weighted by molar-refractivity contribution is 5.14. The molecule has 0 spiro atoms. The molecule has 0 radical (unpaired) electrons. The minimum atomic E-state index is -0.424. The van der Waals surface area contributed by atoms with Crippen LogP contribution in [0.3, 0.4) is 0 Å². The molecule has 0 aromatic carbocycles. The van der Waals surface area contributed by atoms with E-state index in [0.717, 1.165) is 4.68 Å². The monoisotopic (exact) mass is 141 g/mol. The first-order valence-corrected chi connectivity index (χ1v) is 2.60. The first-order valence-electron chi connectivity index (χ1n) is 2.60. The molecule has 0 bridgehead atoms. The Kier molecular flexibility index (Phi) is 1.29. The van der Waals surface area contributed by atoms with E-state index in [1.54, 1.807) is 0 Å². The van der Waals surface area contributed by atoms with E-state index in [1.807, 2.05) is 0 Å². The van der Waals surface area contributed by atoms with Crippen molar-refractivity contribution in [2.45, 2.75) is 6.92 Å². The molecule has 6 nitrogen and oxygen atoms in total. The minimum absolute atomic E-state index is 0.0874. The molecule has 0 saturated carbocycles. The van der Waals surface area contributed by atoms with Crippen molar-refractivity contribution in [2.24, 2.45) is 0 Å². The third kappa shape index (κ3) is 0.790. The van der Waals surface area contributed by atoms with Crippen molar-refractivity contribution >= 4 is 5.95 Å². The zero-order chi connectivity index (χ0) is 7.72. The zero-order valence-electron chi connectivity index (χ0n) is 5.40. The molecule has 0 saturated heterocycles. The Hall–Kier alpha value is -1.59. The second kappa shape index (κ2) is 1.98. The topological polar surface area (TPSA) is 99.8 Å². The fraction of sp³-hybridized carbons (Fsp3) is 0.250. The van der Waals surface area contributed by atoms with Gasteiger partial charge in [0.15, 0.2) is 0 Å². The van der Waals surface area contributed by atoms with E-state index >= 15 is 0 Å². The first-order chi connectivity index (χ1) is 4.63. The van der Waals surface area contributed by atoms with Crippen LogP contribution in [0.5, 0.6) is 0 Å². The second-order valence-electron chi connectivity index (χ2n) is 1.82. The van der Waals surface area contributed by atoms with Crippen molar-refractivity contribution in [1.82, 2.24) is 14.9 Å². The smallest absolute Gasteiger partial charge is 0.295 e. The molecule has 1 aromatic heterocycles. The summed E-state index contributed by atoms with van der Waals surface area (Å²) in [6, 6.07) is 0. The van der Waals surface area contributed by atoms with Crippen LogP contribution in [0.1, 0.15) is 5.69 Å². The standard InChI is InChI=1S/C4H7N5O/c1-2-3(10)9(6)4(5)8-7-2/h6H2,1H3,(H2,5,8). The number of aromatic nitrogens is 3. The van der Waals surface area contributed by atoms with E-state index in [1.165, 1.54) is 6.92 Å². The maximum absolute atomic E-state index is 10.8. The molecule has 1 heterocycles. The third-order valence-corrected chi connectivity index (χ3v) is 1.08. The molecule has 1 aromatic rings. The first kappa shape index (κ1) is 6.53. The molecule has 0 amide bonds. The lowest BCUT2D eigenvalue weighted by molar-refractivity contribution is 0.812. The average Bonchev–Trinajstić information content (AvgIpc) is 1.93. The van der Waals surface area contributed by atoms with Crippen LogP contribution in [0.25, 0.3) is 0 Å². The maximum Gasteiger partial charge on any atom is 0.295 e. The van der Waals surface area contributed by atoms with Crippen LogP contribution >= 0.6 is 0 Å². The number of nitrogen functional groups attached to an aromatic ring is 2. The lowest BCUT2D eigenvalue weighted by Gasteiger charge is -1.98. The van der Waals surface area contributed by atoms with Gasteiger partial charge in [-0.05, 0) is 6.92 Å². The van der Waals surface area contributed by atoms with Gasteiger partial charge in [-0.1, -0.05) is 0 Å². The van der Waals surface area contributed by atoms with Crippen molar-refractivity contribution < 1.29 is 0 Å². The largest absolute Gasteiger partial charge is 0.366 e. The highest BCUT2D eigenvalue weighted by atomic mass is 16.1. The summed E-state index contributed by atoms with van der Waals surface area (Å²) in [5, 5.41) is 6.86. The molecule has 0 aliphatic heterocycles. The number of hydrogen-bond donors (Lipinski definition) is 2. The number of nitrogens with zero attached hydrogens (tertiary/aromatic N) is 3. The molecule has 0 aliphatic carbocycles. The van der Waals surface area contributed by atoms with Crippen LogP contribution in [0.15, 0.2) is 4.79 Å². The molecule has 6 heteroatoms. The Labute approximate surface area is 56.4 Å². The summed E-state index contributed by atoms with van der Waals surface area (Å²) >= 11 is 0. The molecule has 0 atom stereocenters. The second-order valence-corrected chi connectivity index (χ2v) is 1.82. The van der Waals surface area contributed by atoms with E-state index in [4.69, 9.17) is 11.6 Å². The Morgan fingerprint density at radius 1 is 1.50 bits per heavy atom. The highest BCUT2D eigenvalue weighted by Gasteiger charge is 2.00. The highest BCUT2D eigenvalue weighted by Crippen LogP contribution is 1.83. The van der Waals surface area contributed by atoms with Crippen molar-refractivity contribution in [3.63, 3.8) is 0 Å². The molecule has 54 valence electrons. The van der Waals surface area contributed by atoms with Crippen LogP contribution < -0.4 is 17.1 Å². The Morgan fingerprint density at radius 2 is 2.10 bits per heavy atom. The van der Waals surface area contributed by atoms with E-state index in [-0.39, 0.29) is 11.6 Å². The summed E-state index contributed by atoms with van der Waals surface area (Å²) in [7, 11) is 0. The Morgan fingerprint density at radius 3 is 2.60 bits per heavy atom. The van der Waals surface area contributed by atoms with Gasteiger partial charge in [-0.3, -0.25) is 4.79 Å². The van der Waals surface area contributed by atoms with Crippen molar-refractivity contribution in [2.75, 3.05) is 11.6 Å². The molecule has 0 unspecified atom stereocenters. The minimum Gasteiger partial charge on any atom is -0.366 e. The normalized spacial score (nSPS) is 9.70. The van der Waals surface area contributed by atoms with E-state index in [2.05, 4.69) is 10.2 Å². The van der Waals surface area contributed by atoms with Crippen molar-refractivity contribution in [3.05, 3.63) is 16.0 Å². The average molecular weight is 141 g/mol. The van der Waals surface area contributed by atoms with Gasteiger partial charge in [0.05, 0.1) is 0 Å². The molecular weight excluding hydrogens is 134 g/mol. The fourth-order valence-corrected chi connectivity index (χ4v) is 0.496. The van der Waals surface area contributed by atoms with Crippen molar-refractivity contribution in [1.29, 1.82) is 0 Å². The molecule has 10 heavy (non-hydrogen) atoms. The van der Waals surface area contributed by atoms with Gasteiger partial charge in [0.25, 0.3) is 5.56 Å². The molecule has 0 aliphatic rings. The van der Waals surface area contributed by atoms with Crippen LogP contribution in [-0.4, -0.2) is 14.9 Å². The summed E-state index contributed by atoms with van der Waals surface area (Å²) in [4.78, 5) is 10.8. The third-order valence-electron chi connectivity index (χ3n) is 1.08. The van der Waals surface area contributed by atoms with Gasteiger partial charge in [-0.15, -0.1) is 10.2 Å². The number of hydrogen-bond acceptors (Lipinski definition) is 5. The van der Waals surface area contributed by atoms with Gasteiger partial charge in [0, 0.05) is 0 Å². The fourth-order valence-electron chi connectivity index (χ4n) is 0.496. The SMILES string of the molecule is Cc1nnc(N)n(N)c1=O. The molecule has 0 fully saturated rings. The Balaban J connectivity index is 3.50. The summed E-state index contributed by atoms with van der Waals surface area (Å²) in [6.45, 7) is 1.51. The number of aryl methyl sites for hydroxylation is 1.